The molecule has 1 aromatic heterocycles. The number of carbonyl (C=O) groups excluding carboxylic acids is 2. The van der Waals surface area contributed by atoms with Crippen LogP contribution in [0.25, 0.3) is 11.3 Å². The highest BCUT2D eigenvalue weighted by atomic mass is 16.5. The summed E-state index contributed by atoms with van der Waals surface area (Å²) in [4.78, 5) is 29.2. The van der Waals surface area contributed by atoms with E-state index in [1.807, 2.05) is 35.2 Å². The van der Waals surface area contributed by atoms with Crippen molar-refractivity contribution in [2.45, 2.75) is 19.3 Å². The molecule has 0 unspecified atom stereocenters. The summed E-state index contributed by atoms with van der Waals surface area (Å²) in [5.74, 6) is 0.732. The molecule has 1 N–H and O–H groups in total. The largest absolute Gasteiger partial charge is 0.379 e. The number of benzene rings is 1. The number of rotatable bonds is 7. The minimum absolute atomic E-state index is 0.0230. The van der Waals surface area contributed by atoms with Crippen molar-refractivity contribution in [3.8, 4) is 11.3 Å². The summed E-state index contributed by atoms with van der Waals surface area (Å²) in [6.45, 7) is 6.31. The van der Waals surface area contributed by atoms with Crippen LogP contribution in [-0.4, -0.2) is 79.3 Å². The van der Waals surface area contributed by atoms with E-state index in [0.717, 1.165) is 64.3 Å². The van der Waals surface area contributed by atoms with Crippen LogP contribution in [-0.2, 0) is 9.53 Å². The first-order valence-corrected chi connectivity index (χ1v) is 11.1. The van der Waals surface area contributed by atoms with Gasteiger partial charge in [-0.3, -0.25) is 14.5 Å². The number of nitrogens with one attached hydrogen (secondary N) is 1. The van der Waals surface area contributed by atoms with Crippen molar-refractivity contribution in [3.05, 3.63) is 42.1 Å². The lowest BCUT2D eigenvalue weighted by Gasteiger charge is -2.34. The van der Waals surface area contributed by atoms with Gasteiger partial charge in [0.2, 0.25) is 5.91 Å². The standard InChI is InChI=1S/C23H30N4O4/c28-22(27-10-7-18(8-11-27)6-9-26-12-14-30-15-13-26)17-24-23(29)20-16-21(31-25-20)19-4-2-1-3-5-19/h1-5,16,18H,6-15,17H2,(H,24,29). The van der Waals surface area contributed by atoms with Gasteiger partial charge in [0, 0.05) is 37.8 Å². The fourth-order valence-corrected chi connectivity index (χ4v) is 4.14. The Hall–Kier alpha value is -2.71. The summed E-state index contributed by atoms with van der Waals surface area (Å²) in [6, 6.07) is 11.1. The minimum Gasteiger partial charge on any atom is -0.379 e. The highest BCUT2D eigenvalue weighted by Crippen LogP contribution is 2.22. The molecule has 0 spiro atoms. The Bertz CT molecular complexity index is 855. The van der Waals surface area contributed by atoms with Crippen LogP contribution < -0.4 is 5.32 Å². The number of hydrogen-bond acceptors (Lipinski definition) is 6. The molecule has 31 heavy (non-hydrogen) atoms. The number of likely N-dealkylation sites (tertiary alicyclic amines) is 1. The molecule has 2 aliphatic rings. The average Bonchev–Trinajstić information content (AvgIpc) is 3.33. The second-order valence-electron chi connectivity index (χ2n) is 8.19. The molecule has 3 heterocycles. The van der Waals surface area contributed by atoms with Crippen molar-refractivity contribution in [3.63, 3.8) is 0 Å². The van der Waals surface area contributed by atoms with Crippen LogP contribution in [0.15, 0.2) is 40.9 Å². The molecule has 2 saturated heterocycles. The van der Waals surface area contributed by atoms with E-state index in [4.69, 9.17) is 9.26 Å². The van der Waals surface area contributed by atoms with Gasteiger partial charge in [0.1, 0.15) is 0 Å². The monoisotopic (exact) mass is 426 g/mol. The van der Waals surface area contributed by atoms with Gasteiger partial charge in [0.15, 0.2) is 11.5 Å². The quantitative estimate of drug-likeness (QED) is 0.729. The smallest absolute Gasteiger partial charge is 0.273 e. The third-order valence-electron chi connectivity index (χ3n) is 6.13. The molecule has 8 nitrogen and oxygen atoms in total. The Kier molecular flexibility index (Phi) is 7.32. The lowest BCUT2D eigenvalue weighted by atomic mass is 9.93. The first-order valence-electron chi connectivity index (χ1n) is 11.1. The van der Waals surface area contributed by atoms with Gasteiger partial charge in [-0.25, -0.2) is 0 Å². The maximum absolute atomic E-state index is 12.5. The summed E-state index contributed by atoms with van der Waals surface area (Å²) in [5, 5.41) is 6.50. The lowest BCUT2D eigenvalue weighted by Crippen LogP contribution is -2.44. The number of ether oxygens (including phenoxy) is 1. The van der Waals surface area contributed by atoms with Crippen LogP contribution in [0.5, 0.6) is 0 Å². The molecule has 0 radical (unpaired) electrons. The van der Waals surface area contributed by atoms with Crippen LogP contribution in [0.4, 0.5) is 0 Å². The first-order chi connectivity index (χ1) is 15.2. The number of aromatic nitrogens is 1. The van der Waals surface area contributed by atoms with Gasteiger partial charge < -0.3 is 19.5 Å². The van der Waals surface area contributed by atoms with E-state index < -0.39 is 5.91 Å². The maximum atomic E-state index is 12.5. The second-order valence-corrected chi connectivity index (χ2v) is 8.19. The molecule has 0 aliphatic carbocycles. The molecule has 1 aromatic carbocycles. The van der Waals surface area contributed by atoms with E-state index in [-0.39, 0.29) is 18.1 Å². The van der Waals surface area contributed by atoms with Crippen LogP contribution >= 0.6 is 0 Å². The number of carbonyl (C=O) groups is 2. The lowest BCUT2D eigenvalue weighted by molar-refractivity contribution is -0.131. The Morgan fingerprint density at radius 2 is 1.81 bits per heavy atom. The number of morpholine rings is 1. The molecule has 8 heteroatoms. The molecule has 0 saturated carbocycles. The Morgan fingerprint density at radius 3 is 2.55 bits per heavy atom. The van der Waals surface area contributed by atoms with Crippen molar-refractivity contribution in [1.82, 2.24) is 20.3 Å². The van der Waals surface area contributed by atoms with E-state index in [1.165, 1.54) is 6.42 Å². The summed E-state index contributed by atoms with van der Waals surface area (Å²) in [5.41, 5.74) is 1.02. The fourth-order valence-electron chi connectivity index (χ4n) is 4.14. The van der Waals surface area contributed by atoms with E-state index >= 15 is 0 Å². The number of nitrogens with zero attached hydrogens (tertiary/aromatic N) is 3. The Balaban J connectivity index is 1.17. The number of hydrogen-bond donors (Lipinski definition) is 1. The summed E-state index contributed by atoms with van der Waals surface area (Å²) in [7, 11) is 0. The molecule has 0 bridgehead atoms. The first kappa shape index (κ1) is 21.5. The zero-order valence-electron chi connectivity index (χ0n) is 17.8. The number of amides is 2. The van der Waals surface area contributed by atoms with Crippen LogP contribution in [0.2, 0.25) is 0 Å². The molecule has 2 aliphatic heterocycles. The fraction of sp³-hybridized carbons (Fsp3) is 0.522. The maximum Gasteiger partial charge on any atom is 0.273 e. The zero-order chi connectivity index (χ0) is 21.5. The van der Waals surface area contributed by atoms with Gasteiger partial charge in [-0.2, -0.15) is 0 Å². The molecular formula is C23H30N4O4. The normalized spacial score (nSPS) is 18.1. The molecule has 2 fully saturated rings. The Labute approximate surface area is 182 Å². The van der Waals surface area contributed by atoms with Crippen molar-refractivity contribution in [1.29, 1.82) is 0 Å². The predicted molar refractivity (Wildman–Crippen MR) is 115 cm³/mol. The van der Waals surface area contributed by atoms with Gasteiger partial charge in [0.25, 0.3) is 5.91 Å². The highest BCUT2D eigenvalue weighted by molar-refractivity contribution is 5.95. The average molecular weight is 427 g/mol. The van der Waals surface area contributed by atoms with Crippen molar-refractivity contribution in [2.24, 2.45) is 5.92 Å². The third-order valence-corrected chi connectivity index (χ3v) is 6.13. The zero-order valence-corrected chi connectivity index (χ0v) is 17.8. The Morgan fingerprint density at radius 1 is 1.06 bits per heavy atom. The van der Waals surface area contributed by atoms with E-state index in [9.17, 15) is 9.59 Å². The third kappa shape index (κ3) is 5.92. The second kappa shape index (κ2) is 10.5. The van der Waals surface area contributed by atoms with Crippen LogP contribution in [0.1, 0.15) is 29.8 Å². The van der Waals surface area contributed by atoms with E-state index in [2.05, 4.69) is 15.4 Å². The van der Waals surface area contributed by atoms with Crippen molar-refractivity contribution >= 4 is 11.8 Å². The highest BCUT2D eigenvalue weighted by Gasteiger charge is 2.24. The van der Waals surface area contributed by atoms with E-state index in [1.54, 1.807) is 6.07 Å². The van der Waals surface area contributed by atoms with Crippen LogP contribution in [0.3, 0.4) is 0 Å². The number of piperidine rings is 1. The summed E-state index contributed by atoms with van der Waals surface area (Å²) < 4.78 is 10.7. The molecule has 4 rings (SSSR count). The van der Waals surface area contributed by atoms with Gasteiger partial charge >= 0.3 is 0 Å². The van der Waals surface area contributed by atoms with Gasteiger partial charge in [-0.15, -0.1) is 0 Å². The van der Waals surface area contributed by atoms with Gasteiger partial charge in [-0.05, 0) is 31.7 Å². The predicted octanol–water partition coefficient (Wildman–Crippen LogP) is 2.03. The van der Waals surface area contributed by atoms with Gasteiger partial charge in [0.05, 0.1) is 19.8 Å². The molecular weight excluding hydrogens is 396 g/mol. The van der Waals surface area contributed by atoms with Crippen LogP contribution in [0, 0.1) is 5.92 Å². The van der Waals surface area contributed by atoms with Crippen molar-refractivity contribution < 1.29 is 18.8 Å². The van der Waals surface area contributed by atoms with Gasteiger partial charge in [-0.1, -0.05) is 35.5 Å². The molecule has 166 valence electrons. The SMILES string of the molecule is O=C(NCC(=O)N1CCC(CCN2CCOCC2)CC1)c1cc(-c2ccccc2)on1. The minimum atomic E-state index is -0.403. The molecule has 2 aromatic rings. The topological polar surface area (TPSA) is 87.9 Å². The molecule has 2 amide bonds. The van der Waals surface area contributed by atoms with Crippen molar-refractivity contribution in [2.75, 3.05) is 52.5 Å². The summed E-state index contributed by atoms with van der Waals surface area (Å²) in [6.07, 6.45) is 3.22. The summed E-state index contributed by atoms with van der Waals surface area (Å²) >= 11 is 0. The molecule has 0 atom stereocenters. The van der Waals surface area contributed by atoms with E-state index in [0.29, 0.717) is 11.7 Å².